The van der Waals surface area contributed by atoms with Crippen molar-refractivity contribution in [3.63, 3.8) is 0 Å². The summed E-state index contributed by atoms with van der Waals surface area (Å²) in [6.07, 6.45) is 1.19. The molecule has 2 aromatic heterocycles. The molecule has 92 valence electrons. The lowest BCUT2D eigenvalue weighted by Crippen LogP contribution is -2.16. The van der Waals surface area contributed by atoms with E-state index in [0.717, 1.165) is 17.4 Å². The molecule has 0 unspecified atom stereocenters. The number of carbonyl (C=O) groups is 2. The minimum atomic E-state index is -0.746. The van der Waals surface area contributed by atoms with Crippen molar-refractivity contribution in [2.45, 2.75) is 0 Å². The van der Waals surface area contributed by atoms with Crippen LogP contribution in [0.3, 0.4) is 0 Å². The highest BCUT2D eigenvalue weighted by Crippen LogP contribution is 2.23. The fraction of sp³-hybridized carbons (Fsp3) is 0. The second kappa shape index (κ2) is 4.92. The quantitative estimate of drug-likeness (QED) is 0.827. The number of primary amides is 1. The highest BCUT2D eigenvalue weighted by molar-refractivity contribution is 7.14. The molecule has 0 aliphatic rings. The second-order valence-electron chi connectivity index (χ2n) is 3.35. The molecule has 5 nitrogen and oxygen atoms in total. The highest BCUT2D eigenvalue weighted by atomic mass is 32.1. The summed E-state index contributed by atoms with van der Waals surface area (Å²) in [5.41, 5.74) is 5.49. The maximum atomic E-state index is 12.9. The molecule has 2 rings (SSSR count). The van der Waals surface area contributed by atoms with Crippen molar-refractivity contribution < 1.29 is 14.0 Å². The lowest BCUT2D eigenvalue weighted by atomic mass is 10.2. The van der Waals surface area contributed by atoms with Crippen molar-refractivity contribution in [2.75, 3.05) is 5.32 Å². The molecule has 0 saturated carbocycles. The van der Waals surface area contributed by atoms with E-state index in [9.17, 15) is 14.0 Å². The molecule has 7 heteroatoms. The number of amides is 2. The Hall–Kier alpha value is -2.28. The Balaban J connectivity index is 2.21. The van der Waals surface area contributed by atoms with E-state index in [-0.39, 0.29) is 11.1 Å². The van der Waals surface area contributed by atoms with Crippen molar-refractivity contribution in [3.8, 4) is 0 Å². The van der Waals surface area contributed by atoms with Gasteiger partial charge in [-0.25, -0.2) is 4.98 Å². The Morgan fingerprint density at radius 3 is 2.83 bits per heavy atom. The standard InChI is InChI=1S/C11H8FN3O2S/c12-8-5-6(1-3-14-8)10(17)15-11-7(9(13)16)2-4-18-11/h1-5H,(H2,13,16)(H,15,17). The molecule has 0 saturated heterocycles. The van der Waals surface area contributed by atoms with Gasteiger partial charge < -0.3 is 11.1 Å². The van der Waals surface area contributed by atoms with Crippen molar-refractivity contribution in [3.05, 3.63) is 46.9 Å². The average Bonchev–Trinajstić information content (AvgIpc) is 2.77. The molecule has 0 spiro atoms. The third-order valence-corrected chi connectivity index (χ3v) is 2.98. The normalized spacial score (nSPS) is 10.1. The zero-order chi connectivity index (χ0) is 13.1. The number of pyridine rings is 1. The molecule has 0 aromatic carbocycles. The van der Waals surface area contributed by atoms with Crippen LogP contribution in [-0.4, -0.2) is 16.8 Å². The van der Waals surface area contributed by atoms with Gasteiger partial charge in [-0.15, -0.1) is 11.3 Å². The van der Waals surface area contributed by atoms with Gasteiger partial charge in [-0.1, -0.05) is 0 Å². The molecule has 2 heterocycles. The van der Waals surface area contributed by atoms with Crippen LogP contribution in [0.1, 0.15) is 20.7 Å². The number of rotatable bonds is 3. The van der Waals surface area contributed by atoms with Crippen LogP contribution in [0.2, 0.25) is 0 Å². The number of nitrogens with one attached hydrogen (secondary N) is 1. The molecule has 3 N–H and O–H groups in total. The molecule has 0 atom stereocenters. The van der Waals surface area contributed by atoms with E-state index in [1.165, 1.54) is 18.3 Å². The summed E-state index contributed by atoms with van der Waals surface area (Å²) in [7, 11) is 0. The molecule has 2 aromatic rings. The number of carbonyl (C=O) groups excluding carboxylic acids is 2. The third-order valence-electron chi connectivity index (χ3n) is 2.15. The fourth-order valence-electron chi connectivity index (χ4n) is 1.32. The molecule has 0 aliphatic heterocycles. The number of aromatic nitrogens is 1. The first-order chi connectivity index (χ1) is 8.58. The Kier molecular flexibility index (Phi) is 3.33. The van der Waals surface area contributed by atoms with Gasteiger partial charge in [-0.3, -0.25) is 9.59 Å². The first-order valence-corrected chi connectivity index (χ1v) is 5.76. The van der Waals surface area contributed by atoms with Gasteiger partial charge in [-0.2, -0.15) is 4.39 Å². The monoisotopic (exact) mass is 265 g/mol. The molecule has 0 radical (unpaired) electrons. The lowest BCUT2D eigenvalue weighted by Gasteiger charge is -2.04. The average molecular weight is 265 g/mol. The van der Waals surface area contributed by atoms with Gasteiger partial charge in [0.15, 0.2) is 0 Å². The summed E-state index contributed by atoms with van der Waals surface area (Å²) in [6.45, 7) is 0. The van der Waals surface area contributed by atoms with Crippen molar-refractivity contribution >= 4 is 28.2 Å². The van der Waals surface area contributed by atoms with E-state index < -0.39 is 17.8 Å². The minimum Gasteiger partial charge on any atom is -0.366 e. The Bertz CT molecular complexity index is 612. The van der Waals surface area contributed by atoms with E-state index in [2.05, 4.69) is 10.3 Å². The zero-order valence-corrected chi connectivity index (χ0v) is 9.83. The highest BCUT2D eigenvalue weighted by Gasteiger charge is 2.14. The minimum absolute atomic E-state index is 0.117. The van der Waals surface area contributed by atoms with Crippen LogP contribution >= 0.6 is 11.3 Å². The number of halogens is 1. The predicted molar refractivity (Wildman–Crippen MR) is 65.0 cm³/mol. The number of thiophene rings is 1. The number of hydrogen-bond acceptors (Lipinski definition) is 4. The van der Waals surface area contributed by atoms with Crippen LogP contribution in [0.5, 0.6) is 0 Å². The maximum Gasteiger partial charge on any atom is 0.256 e. The largest absolute Gasteiger partial charge is 0.366 e. The van der Waals surface area contributed by atoms with Crippen LogP contribution in [0, 0.1) is 5.95 Å². The summed E-state index contributed by atoms with van der Waals surface area (Å²) in [6, 6.07) is 3.89. The van der Waals surface area contributed by atoms with E-state index in [0.29, 0.717) is 5.00 Å². The first-order valence-electron chi connectivity index (χ1n) is 4.88. The smallest absolute Gasteiger partial charge is 0.256 e. The second-order valence-corrected chi connectivity index (χ2v) is 4.27. The van der Waals surface area contributed by atoms with Gasteiger partial charge in [0, 0.05) is 17.8 Å². The van der Waals surface area contributed by atoms with Crippen molar-refractivity contribution in [1.29, 1.82) is 0 Å². The van der Waals surface area contributed by atoms with Crippen LogP contribution in [0.15, 0.2) is 29.8 Å². The van der Waals surface area contributed by atoms with E-state index in [1.807, 2.05) is 0 Å². The molecule has 0 fully saturated rings. The Morgan fingerprint density at radius 2 is 2.17 bits per heavy atom. The number of nitrogens with two attached hydrogens (primary N) is 1. The van der Waals surface area contributed by atoms with Crippen LogP contribution in [0.4, 0.5) is 9.39 Å². The van der Waals surface area contributed by atoms with Gasteiger partial charge in [0.2, 0.25) is 5.95 Å². The lowest BCUT2D eigenvalue weighted by molar-refractivity contribution is 0.100. The summed E-state index contributed by atoms with van der Waals surface area (Å²) in [5, 5.41) is 4.47. The van der Waals surface area contributed by atoms with Crippen LogP contribution < -0.4 is 11.1 Å². The van der Waals surface area contributed by atoms with Gasteiger partial charge in [0.25, 0.3) is 11.8 Å². The number of hydrogen-bond donors (Lipinski definition) is 2. The van der Waals surface area contributed by atoms with E-state index in [4.69, 9.17) is 5.73 Å². The molecule has 2 amide bonds. The third kappa shape index (κ3) is 2.51. The number of anilines is 1. The van der Waals surface area contributed by atoms with E-state index in [1.54, 1.807) is 5.38 Å². The SMILES string of the molecule is NC(=O)c1ccsc1NC(=O)c1ccnc(F)c1. The predicted octanol–water partition coefficient (Wildman–Crippen LogP) is 1.63. The number of nitrogens with zero attached hydrogens (tertiary/aromatic N) is 1. The summed E-state index contributed by atoms with van der Waals surface area (Å²) < 4.78 is 12.9. The topological polar surface area (TPSA) is 85.1 Å². The molecule has 0 aliphatic carbocycles. The van der Waals surface area contributed by atoms with Gasteiger partial charge in [0.05, 0.1) is 5.56 Å². The van der Waals surface area contributed by atoms with Crippen molar-refractivity contribution in [1.82, 2.24) is 4.98 Å². The fourth-order valence-corrected chi connectivity index (χ4v) is 2.11. The summed E-state index contributed by atoms with van der Waals surface area (Å²) >= 11 is 1.16. The van der Waals surface area contributed by atoms with Gasteiger partial charge in [0.1, 0.15) is 5.00 Å². The Morgan fingerprint density at radius 1 is 1.39 bits per heavy atom. The Labute approximate surface area is 105 Å². The molecular formula is C11H8FN3O2S. The molecular weight excluding hydrogens is 257 g/mol. The van der Waals surface area contributed by atoms with Crippen molar-refractivity contribution in [2.24, 2.45) is 5.73 Å². The molecule has 18 heavy (non-hydrogen) atoms. The first kappa shape index (κ1) is 12.2. The maximum absolute atomic E-state index is 12.9. The zero-order valence-electron chi connectivity index (χ0n) is 9.01. The van der Waals surface area contributed by atoms with Crippen LogP contribution in [0.25, 0.3) is 0 Å². The van der Waals surface area contributed by atoms with E-state index >= 15 is 0 Å². The van der Waals surface area contributed by atoms with Gasteiger partial charge in [-0.05, 0) is 17.5 Å². The summed E-state index contributed by atoms with van der Waals surface area (Å²) in [4.78, 5) is 26.2. The molecule has 0 bridgehead atoms. The van der Waals surface area contributed by atoms with Gasteiger partial charge >= 0.3 is 0 Å². The summed E-state index contributed by atoms with van der Waals surface area (Å²) in [5.74, 6) is -1.90. The van der Waals surface area contributed by atoms with Crippen LogP contribution in [-0.2, 0) is 0 Å².